The lowest BCUT2D eigenvalue weighted by atomic mass is 9.95. The molecule has 2 aliphatic heterocycles. The Hall–Kier alpha value is -1.64. The van der Waals surface area contributed by atoms with Crippen molar-refractivity contribution >= 4 is 5.91 Å². The molecule has 5 nitrogen and oxygen atoms in total. The zero-order valence-corrected chi connectivity index (χ0v) is 17.5. The van der Waals surface area contributed by atoms with Gasteiger partial charge in [-0.05, 0) is 56.8 Å². The highest BCUT2D eigenvalue weighted by Crippen LogP contribution is 2.22. The van der Waals surface area contributed by atoms with E-state index in [1.807, 2.05) is 0 Å². The van der Waals surface area contributed by atoms with Gasteiger partial charge in [0.1, 0.15) is 5.82 Å². The van der Waals surface area contributed by atoms with E-state index in [4.69, 9.17) is 9.47 Å². The van der Waals surface area contributed by atoms with E-state index in [-0.39, 0.29) is 6.10 Å². The van der Waals surface area contributed by atoms with E-state index < -0.39 is 35.3 Å². The Balaban J connectivity index is 1.64. The zero-order valence-electron chi connectivity index (χ0n) is 17.5. The topological polar surface area (TPSA) is 42.0 Å². The number of hydrogen-bond acceptors (Lipinski definition) is 4. The van der Waals surface area contributed by atoms with Crippen LogP contribution in [0.15, 0.2) is 12.1 Å². The van der Waals surface area contributed by atoms with Crippen LogP contribution >= 0.6 is 0 Å². The number of likely N-dealkylation sites (tertiary alicyclic amines) is 1. The van der Waals surface area contributed by atoms with E-state index in [1.54, 1.807) is 12.0 Å². The molecule has 0 N–H and O–H groups in total. The molecule has 0 saturated carbocycles. The molecule has 1 amide bonds. The number of piperidine rings is 1. The molecule has 30 heavy (non-hydrogen) atoms. The summed E-state index contributed by atoms with van der Waals surface area (Å²) in [5.74, 6) is -3.40. The maximum absolute atomic E-state index is 14.1. The summed E-state index contributed by atoms with van der Waals surface area (Å²) in [4.78, 5) is 17.0. The van der Waals surface area contributed by atoms with Crippen LogP contribution in [0.3, 0.4) is 0 Å². The molecule has 3 rings (SSSR count). The van der Waals surface area contributed by atoms with Gasteiger partial charge in [0.2, 0.25) is 5.91 Å². The molecular formula is C22H31F3N2O3. The van der Waals surface area contributed by atoms with E-state index in [0.717, 1.165) is 57.5 Å². The Bertz CT molecular complexity index is 705. The standard InChI is InChI=1S/C22H31F3N2O3/c1-29-12-10-26-8-6-16(7-9-26)14-27(15-17-3-2-11-30-17)21(28)13-18-19(23)4-5-20(24)22(18)25/h4-5,16-17H,2-3,6-15H2,1H3/t17-/m1/s1. The molecule has 0 spiro atoms. The second kappa shape index (κ2) is 11.1. The summed E-state index contributed by atoms with van der Waals surface area (Å²) in [5, 5.41) is 0. The molecule has 2 saturated heterocycles. The van der Waals surface area contributed by atoms with Crippen molar-refractivity contribution in [1.82, 2.24) is 9.80 Å². The summed E-state index contributed by atoms with van der Waals surface area (Å²) >= 11 is 0. The molecule has 0 radical (unpaired) electrons. The van der Waals surface area contributed by atoms with Crippen LogP contribution in [0.5, 0.6) is 0 Å². The average molecular weight is 428 g/mol. The fourth-order valence-corrected chi connectivity index (χ4v) is 4.23. The second-order valence-electron chi connectivity index (χ2n) is 8.21. The average Bonchev–Trinajstić information content (AvgIpc) is 3.26. The third-order valence-electron chi connectivity index (χ3n) is 6.07. The maximum atomic E-state index is 14.1. The minimum absolute atomic E-state index is 0.0575. The molecule has 0 bridgehead atoms. The molecule has 1 atom stereocenters. The number of benzene rings is 1. The Morgan fingerprint density at radius 1 is 1.17 bits per heavy atom. The Morgan fingerprint density at radius 2 is 1.90 bits per heavy atom. The Labute approximate surface area is 176 Å². The molecule has 1 aromatic rings. The quantitative estimate of drug-likeness (QED) is 0.567. The number of amides is 1. The number of hydrogen-bond donors (Lipinski definition) is 0. The number of methoxy groups -OCH3 is 1. The van der Waals surface area contributed by atoms with Crippen LogP contribution in [0, 0.1) is 23.4 Å². The predicted molar refractivity (Wildman–Crippen MR) is 107 cm³/mol. The monoisotopic (exact) mass is 428 g/mol. The van der Waals surface area contributed by atoms with Crippen molar-refractivity contribution in [3.8, 4) is 0 Å². The minimum Gasteiger partial charge on any atom is -0.383 e. The number of rotatable bonds is 9. The van der Waals surface area contributed by atoms with Gasteiger partial charge in [0.15, 0.2) is 11.6 Å². The van der Waals surface area contributed by atoms with Crippen LogP contribution < -0.4 is 0 Å². The fourth-order valence-electron chi connectivity index (χ4n) is 4.23. The van der Waals surface area contributed by atoms with Gasteiger partial charge in [-0.1, -0.05) is 0 Å². The van der Waals surface area contributed by atoms with Crippen molar-refractivity contribution in [3.05, 3.63) is 35.1 Å². The van der Waals surface area contributed by atoms with E-state index in [1.165, 1.54) is 0 Å². The van der Waals surface area contributed by atoms with Gasteiger partial charge in [0.25, 0.3) is 0 Å². The van der Waals surface area contributed by atoms with Crippen LogP contribution in [0.4, 0.5) is 13.2 Å². The number of halogens is 3. The van der Waals surface area contributed by atoms with Crippen LogP contribution in [-0.2, 0) is 20.7 Å². The summed E-state index contributed by atoms with van der Waals surface area (Å²) in [5.41, 5.74) is -0.508. The van der Waals surface area contributed by atoms with Gasteiger partial charge in [-0.2, -0.15) is 0 Å². The summed E-state index contributed by atoms with van der Waals surface area (Å²) in [7, 11) is 1.69. The zero-order chi connectivity index (χ0) is 21.5. The van der Waals surface area contributed by atoms with Gasteiger partial charge >= 0.3 is 0 Å². The first-order valence-electron chi connectivity index (χ1n) is 10.7. The minimum atomic E-state index is -1.29. The van der Waals surface area contributed by atoms with Crippen LogP contribution in [0.2, 0.25) is 0 Å². The van der Waals surface area contributed by atoms with Crippen molar-refractivity contribution in [2.24, 2.45) is 5.92 Å². The van der Waals surface area contributed by atoms with Gasteiger partial charge in [-0.15, -0.1) is 0 Å². The molecule has 1 aromatic carbocycles. The van der Waals surface area contributed by atoms with Crippen molar-refractivity contribution in [3.63, 3.8) is 0 Å². The van der Waals surface area contributed by atoms with Gasteiger partial charge < -0.3 is 19.3 Å². The van der Waals surface area contributed by atoms with Crippen LogP contribution in [0.1, 0.15) is 31.2 Å². The number of carbonyl (C=O) groups is 1. The molecule has 0 aliphatic carbocycles. The van der Waals surface area contributed by atoms with Crippen molar-refractivity contribution < 1.29 is 27.4 Å². The summed E-state index contributed by atoms with van der Waals surface area (Å²) < 4.78 is 52.5. The highest BCUT2D eigenvalue weighted by molar-refractivity contribution is 5.79. The van der Waals surface area contributed by atoms with Gasteiger partial charge in [0.05, 0.1) is 19.1 Å². The normalized spacial score (nSPS) is 20.6. The third-order valence-corrected chi connectivity index (χ3v) is 6.07. The molecule has 8 heteroatoms. The lowest BCUT2D eigenvalue weighted by molar-refractivity contribution is -0.133. The molecule has 2 aliphatic rings. The number of nitrogens with zero attached hydrogens (tertiary/aromatic N) is 2. The SMILES string of the molecule is COCCN1CCC(CN(C[C@H]2CCCO2)C(=O)Cc2c(F)ccc(F)c2F)CC1. The first-order valence-corrected chi connectivity index (χ1v) is 10.7. The van der Waals surface area contributed by atoms with Crippen molar-refractivity contribution in [1.29, 1.82) is 0 Å². The first-order chi connectivity index (χ1) is 14.5. The van der Waals surface area contributed by atoms with E-state index in [0.29, 0.717) is 32.2 Å². The molecule has 2 fully saturated rings. The lowest BCUT2D eigenvalue weighted by Gasteiger charge is -2.35. The van der Waals surface area contributed by atoms with Gasteiger partial charge in [-0.3, -0.25) is 4.79 Å². The largest absolute Gasteiger partial charge is 0.383 e. The van der Waals surface area contributed by atoms with E-state index >= 15 is 0 Å². The highest BCUT2D eigenvalue weighted by Gasteiger charge is 2.28. The van der Waals surface area contributed by atoms with Gasteiger partial charge in [-0.25, -0.2) is 13.2 Å². The Morgan fingerprint density at radius 3 is 2.57 bits per heavy atom. The number of carbonyl (C=O) groups excluding carboxylic acids is 1. The second-order valence-corrected chi connectivity index (χ2v) is 8.21. The fraction of sp³-hybridized carbons (Fsp3) is 0.682. The highest BCUT2D eigenvalue weighted by atomic mass is 19.2. The maximum Gasteiger partial charge on any atom is 0.227 e. The molecular weight excluding hydrogens is 397 g/mol. The smallest absolute Gasteiger partial charge is 0.227 e. The van der Waals surface area contributed by atoms with E-state index in [2.05, 4.69) is 4.90 Å². The third kappa shape index (κ3) is 6.18. The van der Waals surface area contributed by atoms with Crippen molar-refractivity contribution in [2.45, 2.75) is 38.2 Å². The van der Waals surface area contributed by atoms with E-state index in [9.17, 15) is 18.0 Å². The summed E-state index contributed by atoms with van der Waals surface area (Å²) in [6.07, 6.45) is 3.15. The first kappa shape index (κ1) is 23.0. The predicted octanol–water partition coefficient (Wildman–Crippen LogP) is 3.01. The molecule has 2 heterocycles. The van der Waals surface area contributed by atoms with Crippen LogP contribution in [0.25, 0.3) is 0 Å². The molecule has 0 unspecified atom stereocenters. The number of ether oxygens (including phenoxy) is 2. The summed E-state index contributed by atoms with van der Waals surface area (Å²) in [6, 6.07) is 1.60. The molecule has 0 aromatic heterocycles. The Kier molecular flexibility index (Phi) is 8.53. The lowest BCUT2D eigenvalue weighted by Crippen LogP contribution is -2.44. The molecule has 168 valence electrons. The van der Waals surface area contributed by atoms with Crippen molar-refractivity contribution in [2.75, 3.05) is 53.0 Å². The summed E-state index contributed by atoms with van der Waals surface area (Å²) in [6.45, 7) is 5.04. The van der Waals surface area contributed by atoms with Gasteiger partial charge in [0, 0.05) is 38.9 Å². The van der Waals surface area contributed by atoms with Crippen LogP contribution in [-0.4, -0.2) is 74.9 Å².